The van der Waals surface area contributed by atoms with Gasteiger partial charge in [0.1, 0.15) is 5.75 Å². The molecule has 0 aliphatic carbocycles. The van der Waals surface area contributed by atoms with Crippen molar-refractivity contribution in [1.82, 2.24) is 10.2 Å². The van der Waals surface area contributed by atoms with Gasteiger partial charge in [-0.2, -0.15) is 0 Å². The summed E-state index contributed by atoms with van der Waals surface area (Å²) in [6.45, 7) is 9.32. The van der Waals surface area contributed by atoms with E-state index in [0.29, 0.717) is 18.9 Å². The Morgan fingerprint density at radius 3 is 2.73 bits per heavy atom. The van der Waals surface area contributed by atoms with Gasteiger partial charge in [0.25, 0.3) is 0 Å². The predicted molar refractivity (Wildman–Crippen MR) is 105 cm³/mol. The molecule has 2 rings (SSSR count). The summed E-state index contributed by atoms with van der Waals surface area (Å²) >= 11 is 0. The van der Waals surface area contributed by atoms with Gasteiger partial charge in [-0.3, -0.25) is 4.79 Å². The third-order valence-electron chi connectivity index (χ3n) is 4.35. The number of hydrogen-bond acceptors (Lipinski definition) is 3. The van der Waals surface area contributed by atoms with Crippen LogP contribution in [0.25, 0.3) is 0 Å². The molecule has 0 saturated carbocycles. The standard InChI is InChI=1S/C20H32N4O2/c1-4-22-20(24-11-5-6-17(14-24)12-19(21)25)23-13-16-7-9-18(10-8-16)26-15(2)3/h7-10,15,17H,4-6,11-14H2,1-3H3,(H2,21,25)(H,22,23). The summed E-state index contributed by atoms with van der Waals surface area (Å²) in [5.41, 5.74) is 6.51. The SMILES string of the molecule is CCNC(=NCc1ccc(OC(C)C)cc1)N1CCCC(CC(N)=O)C1. The lowest BCUT2D eigenvalue weighted by Gasteiger charge is -2.34. The molecule has 0 aromatic heterocycles. The zero-order valence-electron chi connectivity index (χ0n) is 16.2. The fraction of sp³-hybridized carbons (Fsp3) is 0.600. The molecule has 0 spiro atoms. The Hall–Kier alpha value is -2.24. The highest BCUT2D eigenvalue weighted by Crippen LogP contribution is 2.20. The quantitative estimate of drug-likeness (QED) is 0.578. The fourth-order valence-corrected chi connectivity index (χ4v) is 3.25. The number of amides is 1. The number of benzene rings is 1. The Kier molecular flexibility index (Phi) is 7.75. The molecule has 1 heterocycles. The second-order valence-corrected chi connectivity index (χ2v) is 7.11. The van der Waals surface area contributed by atoms with Crippen molar-refractivity contribution < 1.29 is 9.53 Å². The number of nitrogens with one attached hydrogen (secondary N) is 1. The van der Waals surface area contributed by atoms with Crippen molar-refractivity contribution in [2.75, 3.05) is 19.6 Å². The number of carbonyl (C=O) groups is 1. The molecule has 1 aliphatic rings. The van der Waals surface area contributed by atoms with Gasteiger partial charge in [-0.05, 0) is 57.2 Å². The Morgan fingerprint density at radius 2 is 2.12 bits per heavy atom. The van der Waals surface area contributed by atoms with Crippen LogP contribution in [0.15, 0.2) is 29.3 Å². The second-order valence-electron chi connectivity index (χ2n) is 7.11. The molecule has 1 fully saturated rings. The molecule has 3 N–H and O–H groups in total. The Morgan fingerprint density at radius 1 is 1.38 bits per heavy atom. The van der Waals surface area contributed by atoms with Crippen LogP contribution in [0.2, 0.25) is 0 Å². The smallest absolute Gasteiger partial charge is 0.217 e. The summed E-state index contributed by atoms with van der Waals surface area (Å²) in [6, 6.07) is 8.08. The lowest BCUT2D eigenvalue weighted by atomic mass is 9.95. The van der Waals surface area contributed by atoms with Crippen LogP contribution < -0.4 is 15.8 Å². The van der Waals surface area contributed by atoms with Gasteiger partial charge in [0.2, 0.25) is 5.91 Å². The molecule has 1 unspecified atom stereocenters. The largest absolute Gasteiger partial charge is 0.491 e. The van der Waals surface area contributed by atoms with Crippen molar-refractivity contribution in [2.45, 2.75) is 52.7 Å². The summed E-state index contributed by atoms with van der Waals surface area (Å²) in [4.78, 5) is 18.3. The van der Waals surface area contributed by atoms with Crippen LogP contribution in [-0.4, -0.2) is 42.5 Å². The number of primary amides is 1. The molecule has 0 radical (unpaired) electrons. The van der Waals surface area contributed by atoms with Crippen molar-refractivity contribution in [1.29, 1.82) is 0 Å². The molecule has 6 nitrogen and oxygen atoms in total. The third kappa shape index (κ3) is 6.58. The first-order chi connectivity index (χ1) is 12.5. The molecule has 144 valence electrons. The number of hydrogen-bond donors (Lipinski definition) is 2. The monoisotopic (exact) mass is 360 g/mol. The number of aliphatic imine (C=N–C) groups is 1. The highest BCUT2D eigenvalue weighted by atomic mass is 16.5. The molecular weight excluding hydrogens is 328 g/mol. The normalized spacial score (nSPS) is 18.1. The number of nitrogens with two attached hydrogens (primary N) is 1. The van der Waals surface area contributed by atoms with Crippen LogP contribution in [-0.2, 0) is 11.3 Å². The maximum Gasteiger partial charge on any atom is 0.217 e. The zero-order chi connectivity index (χ0) is 18.9. The van der Waals surface area contributed by atoms with Gasteiger partial charge < -0.3 is 20.7 Å². The number of carbonyl (C=O) groups excluding carboxylic acids is 1. The van der Waals surface area contributed by atoms with E-state index in [0.717, 1.165) is 49.7 Å². The van der Waals surface area contributed by atoms with Gasteiger partial charge in [-0.25, -0.2) is 4.99 Å². The fourth-order valence-electron chi connectivity index (χ4n) is 3.25. The van der Waals surface area contributed by atoms with Crippen molar-refractivity contribution in [3.8, 4) is 5.75 Å². The number of nitrogens with zero attached hydrogens (tertiary/aromatic N) is 2. The Bertz CT molecular complexity index is 598. The first-order valence-electron chi connectivity index (χ1n) is 9.55. The first-order valence-corrected chi connectivity index (χ1v) is 9.55. The van der Waals surface area contributed by atoms with Gasteiger partial charge in [0.15, 0.2) is 5.96 Å². The summed E-state index contributed by atoms with van der Waals surface area (Å²) in [6.07, 6.45) is 2.74. The lowest BCUT2D eigenvalue weighted by Crippen LogP contribution is -2.47. The van der Waals surface area contributed by atoms with E-state index < -0.39 is 0 Å². The van der Waals surface area contributed by atoms with Gasteiger partial charge in [-0.1, -0.05) is 12.1 Å². The van der Waals surface area contributed by atoms with Crippen LogP contribution >= 0.6 is 0 Å². The van der Waals surface area contributed by atoms with Crippen molar-refractivity contribution in [3.05, 3.63) is 29.8 Å². The van der Waals surface area contributed by atoms with Crippen LogP contribution in [0, 0.1) is 5.92 Å². The molecule has 0 bridgehead atoms. The molecule has 6 heteroatoms. The number of piperidine rings is 1. The minimum atomic E-state index is -0.220. The highest BCUT2D eigenvalue weighted by molar-refractivity contribution is 5.80. The highest BCUT2D eigenvalue weighted by Gasteiger charge is 2.23. The van der Waals surface area contributed by atoms with E-state index >= 15 is 0 Å². The average molecular weight is 361 g/mol. The van der Waals surface area contributed by atoms with E-state index in [9.17, 15) is 4.79 Å². The van der Waals surface area contributed by atoms with E-state index in [-0.39, 0.29) is 12.0 Å². The molecule has 1 aromatic rings. The van der Waals surface area contributed by atoms with Crippen LogP contribution in [0.5, 0.6) is 5.75 Å². The number of rotatable bonds is 7. The van der Waals surface area contributed by atoms with Gasteiger partial charge in [-0.15, -0.1) is 0 Å². The molecule has 1 aromatic carbocycles. The number of likely N-dealkylation sites (tertiary alicyclic amines) is 1. The van der Waals surface area contributed by atoms with E-state index in [1.54, 1.807) is 0 Å². The van der Waals surface area contributed by atoms with E-state index in [1.165, 1.54) is 0 Å². The summed E-state index contributed by atoms with van der Waals surface area (Å²) in [5.74, 6) is 1.88. The molecule has 26 heavy (non-hydrogen) atoms. The van der Waals surface area contributed by atoms with Crippen molar-refractivity contribution in [2.24, 2.45) is 16.6 Å². The van der Waals surface area contributed by atoms with Crippen LogP contribution in [0.1, 0.15) is 45.6 Å². The summed E-state index contributed by atoms with van der Waals surface area (Å²) < 4.78 is 5.68. The van der Waals surface area contributed by atoms with E-state index in [2.05, 4.69) is 29.3 Å². The topological polar surface area (TPSA) is 80.0 Å². The van der Waals surface area contributed by atoms with Crippen LogP contribution in [0.4, 0.5) is 0 Å². The van der Waals surface area contributed by atoms with E-state index in [4.69, 9.17) is 15.5 Å². The average Bonchev–Trinajstić information content (AvgIpc) is 2.59. The second kappa shape index (κ2) is 10.0. The molecule has 1 aliphatic heterocycles. The molecule has 1 atom stereocenters. The Labute approximate surface area is 156 Å². The van der Waals surface area contributed by atoms with Crippen molar-refractivity contribution >= 4 is 11.9 Å². The van der Waals surface area contributed by atoms with E-state index in [1.807, 2.05) is 26.0 Å². The van der Waals surface area contributed by atoms with Gasteiger partial charge in [0.05, 0.1) is 12.6 Å². The van der Waals surface area contributed by atoms with Crippen molar-refractivity contribution in [3.63, 3.8) is 0 Å². The minimum Gasteiger partial charge on any atom is -0.491 e. The van der Waals surface area contributed by atoms with Crippen LogP contribution in [0.3, 0.4) is 0 Å². The van der Waals surface area contributed by atoms with Gasteiger partial charge >= 0.3 is 0 Å². The molecule has 1 amide bonds. The number of ether oxygens (including phenoxy) is 1. The molecule has 1 saturated heterocycles. The predicted octanol–water partition coefficient (Wildman–Crippen LogP) is 2.53. The first kappa shape index (κ1) is 20.1. The summed E-state index contributed by atoms with van der Waals surface area (Å²) in [7, 11) is 0. The Balaban J connectivity index is 2.00. The third-order valence-corrected chi connectivity index (χ3v) is 4.35. The molecular formula is C20H32N4O2. The zero-order valence-corrected chi connectivity index (χ0v) is 16.2. The van der Waals surface area contributed by atoms with Gasteiger partial charge in [0, 0.05) is 26.1 Å². The number of guanidine groups is 1. The minimum absolute atomic E-state index is 0.173. The lowest BCUT2D eigenvalue weighted by molar-refractivity contribution is -0.119. The maximum absolute atomic E-state index is 11.2. The maximum atomic E-state index is 11.2. The summed E-state index contributed by atoms with van der Waals surface area (Å²) in [5, 5.41) is 3.37.